The number of thiazole rings is 1. The van der Waals surface area contributed by atoms with Crippen LogP contribution in [0.25, 0.3) is 21.5 Å². The molecule has 0 aliphatic carbocycles. The first kappa shape index (κ1) is 18.3. The second kappa shape index (κ2) is 7.27. The van der Waals surface area contributed by atoms with Crippen LogP contribution < -0.4 is 15.4 Å². The van der Waals surface area contributed by atoms with Crippen molar-refractivity contribution in [3.8, 4) is 17.0 Å². The predicted octanol–water partition coefficient (Wildman–Crippen LogP) is 4.18. The fourth-order valence-electron chi connectivity index (χ4n) is 3.31. The van der Waals surface area contributed by atoms with Crippen LogP contribution in [0.2, 0.25) is 0 Å². The number of hydrogen-bond acceptors (Lipinski definition) is 6. The number of anilines is 2. The summed E-state index contributed by atoms with van der Waals surface area (Å²) in [5.41, 5.74) is 4.09. The molecule has 0 unspecified atom stereocenters. The highest BCUT2D eigenvalue weighted by Crippen LogP contribution is 2.37. The van der Waals surface area contributed by atoms with E-state index in [1.165, 1.54) is 11.3 Å². The SMILES string of the molecule is CCC(=O)Nc1nc2ccc(NC(=O)c3[nH]nc4c3COc3ccccc3-4)cc2s1. The molecule has 1 aliphatic rings. The van der Waals surface area contributed by atoms with Crippen LogP contribution in [-0.4, -0.2) is 27.0 Å². The highest BCUT2D eigenvalue weighted by atomic mass is 32.1. The van der Waals surface area contributed by atoms with E-state index < -0.39 is 0 Å². The zero-order valence-corrected chi connectivity index (χ0v) is 16.8. The van der Waals surface area contributed by atoms with Crippen LogP contribution in [0, 0.1) is 0 Å². The third-order valence-corrected chi connectivity index (χ3v) is 5.76. The van der Waals surface area contributed by atoms with E-state index >= 15 is 0 Å². The first-order valence-electron chi connectivity index (χ1n) is 9.43. The van der Waals surface area contributed by atoms with E-state index in [1.54, 1.807) is 13.0 Å². The van der Waals surface area contributed by atoms with Gasteiger partial charge in [0.15, 0.2) is 5.13 Å². The third kappa shape index (κ3) is 3.18. The summed E-state index contributed by atoms with van der Waals surface area (Å²) in [6, 6.07) is 13.0. The van der Waals surface area contributed by atoms with E-state index in [0.29, 0.717) is 22.9 Å². The summed E-state index contributed by atoms with van der Waals surface area (Å²) in [5, 5.41) is 13.4. The molecule has 150 valence electrons. The van der Waals surface area contributed by atoms with Gasteiger partial charge in [-0.15, -0.1) is 0 Å². The van der Waals surface area contributed by atoms with E-state index in [4.69, 9.17) is 4.74 Å². The average molecular weight is 419 g/mol. The van der Waals surface area contributed by atoms with Crippen molar-refractivity contribution in [3.05, 3.63) is 53.7 Å². The van der Waals surface area contributed by atoms with Gasteiger partial charge in [-0.05, 0) is 30.3 Å². The number of fused-ring (bicyclic) bond motifs is 4. The Balaban J connectivity index is 1.39. The van der Waals surface area contributed by atoms with E-state index in [9.17, 15) is 9.59 Å². The molecule has 0 spiro atoms. The second-order valence-electron chi connectivity index (χ2n) is 6.77. The lowest BCUT2D eigenvalue weighted by molar-refractivity contribution is -0.115. The molecule has 9 heteroatoms. The minimum atomic E-state index is -0.296. The number of nitrogens with zero attached hydrogens (tertiary/aromatic N) is 2. The monoisotopic (exact) mass is 419 g/mol. The molecule has 5 rings (SSSR count). The largest absolute Gasteiger partial charge is 0.488 e. The normalized spacial score (nSPS) is 12.0. The van der Waals surface area contributed by atoms with Gasteiger partial charge < -0.3 is 15.4 Å². The summed E-state index contributed by atoms with van der Waals surface area (Å²) in [6.07, 6.45) is 0.389. The predicted molar refractivity (Wildman–Crippen MR) is 115 cm³/mol. The lowest BCUT2D eigenvalue weighted by Gasteiger charge is -2.17. The van der Waals surface area contributed by atoms with Gasteiger partial charge >= 0.3 is 0 Å². The second-order valence-corrected chi connectivity index (χ2v) is 7.80. The van der Waals surface area contributed by atoms with E-state index in [2.05, 4.69) is 25.8 Å². The van der Waals surface area contributed by atoms with E-state index in [-0.39, 0.29) is 18.4 Å². The van der Waals surface area contributed by atoms with Crippen molar-refractivity contribution < 1.29 is 14.3 Å². The molecule has 8 nitrogen and oxygen atoms in total. The number of carbonyl (C=O) groups is 2. The summed E-state index contributed by atoms with van der Waals surface area (Å²) < 4.78 is 6.63. The molecule has 0 saturated heterocycles. The van der Waals surface area contributed by atoms with Gasteiger partial charge in [0.2, 0.25) is 5.91 Å². The van der Waals surface area contributed by atoms with Gasteiger partial charge in [-0.3, -0.25) is 14.7 Å². The van der Waals surface area contributed by atoms with Crippen molar-refractivity contribution in [2.75, 3.05) is 10.6 Å². The molecular weight excluding hydrogens is 402 g/mol. The number of aromatic nitrogens is 3. The third-order valence-electron chi connectivity index (χ3n) is 4.82. The van der Waals surface area contributed by atoms with Crippen molar-refractivity contribution in [1.29, 1.82) is 0 Å². The Kier molecular flexibility index (Phi) is 4.44. The molecule has 0 saturated carbocycles. The van der Waals surface area contributed by atoms with Gasteiger partial charge in [0.1, 0.15) is 23.7 Å². The molecule has 4 aromatic rings. The summed E-state index contributed by atoms with van der Waals surface area (Å²) in [6.45, 7) is 2.06. The van der Waals surface area contributed by atoms with Crippen LogP contribution in [-0.2, 0) is 11.4 Å². The molecule has 2 aromatic carbocycles. The molecule has 1 aliphatic heterocycles. The Hall–Kier alpha value is -3.72. The summed E-state index contributed by atoms with van der Waals surface area (Å²) in [5.74, 6) is 0.371. The Bertz CT molecular complexity index is 1290. The maximum absolute atomic E-state index is 12.9. The van der Waals surface area contributed by atoms with Gasteiger partial charge in [0, 0.05) is 23.2 Å². The lowest BCUT2D eigenvalue weighted by Crippen LogP contribution is -2.16. The lowest BCUT2D eigenvalue weighted by atomic mass is 10.0. The summed E-state index contributed by atoms with van der Waals surface area (Å²) in [4.78, 5) is 28.8. The number of amides is 2. The smallest absolute Gasteiger partial charge is 0.274 e. The molecule has 2 amide bonds. The molecule has 0 radical (unpaired) electrons. The van der Waals surface area contributed by atoms with Crippen molar-refractivity contribution in [1.82, 2.24) is 15.2 Å². The number of rotatable bonds is 4. The van der Waals surface area contributed by atoms with Crippen LogP contribution in [0.15, 0.2) is 42.5 Å². The number of ether oxygens (including phenoxy) is 1. The topological polar surface area (TPSA) is 109 Å². The van der Waals surface area contributed by atoms with Crippen LogP contribution >= 0.6 is 11.3 Å². The number of hydrogen-bond donors (Lipinski definition) is 3. The summed E-state index contributed by atoms with van der Waals surface area (Å²) >= 11 is 1.36. The Morgan fingerprint density at radius 3 is 2.93 bits per heavy atom. The fraction of sp³-hybridized carbons (Fsp3) is 0.143. The van der Waals surface area contributed by atoms with Gasteiger partial charge in [0.05, 0.1) is 10.2 Å². The Morgan fingerprint density at radius 1 is 1.20 bits per heavy atom. The van der Waals surface area contributed by atoms with E-state index in [0.717, 1.165) is 32.8 Å². The van der Waals surface area contributed by atoms with Crippen LogP contribution in [0.3, 0.4) is 0 Å². The van der Waals surface area contributed by atoms with Crippen LogP contribution in [0.4, 0.5) is 10.8 Å². The number of carbonyl (C=O) groups excluding carboxylic acids is 2. The highest BCUT2D eigenvalue weighted by Gasteiger charge is 2.26. The van der Waals surface area contributed by atoms with Gasteiger partial charge in [-0.2, -0.15) is 5.10 Å². The zero-order chi connectivity index (χ0) is 20.7. The molecule has 0 fully saturated rings. The van der Waals surface area contributed by atoms with Crippen molar-refractivity contribution in [2.45, 2.75) is 20.0 Å². The molecular formula is C21H17N5O3S. The number of benzene rings is 2. The number of para-hydroxylation sites is 1. The molecule has 3 N–H and O–H groups in total. The minimum absolute atomic E-state index is 0.0876. The maximum atomic E-state index is 12.9. The summed E-state index contributed by atoms with van der Waals surface area (Å²) in [7, 11) is 0. The molecule has 0 atom stereocenters. The van der Waals surface area contributed by atoms with E-state index in [1.807, 2.05) is 36.4 Å². The van der Waals surface area contributed by atoms with Crippen molar-refractivity contribution >= 4 is 44.2 Å². The zero-order valence-electron chi connectivity index (χ0n) is 16.0. The standard InChI is InChI=1S/C21H17N5O3S/c1-2-17(27)24-21-23-14-8-7-11(9-16(14)30-21)22-20(28)19-13-10-29-15-6-4-3-5-12(15)18(13)25-26-19/h3-9H,2,10H2,1H3,(H,22,28)(H,25,26)(H,23,24,27). The minimum Gasteiger partial charge on any atom is -0.488 e. The first-order valence-corrected chi connectivity index (χ1v) is 10.2. The molecule has 0 bridgehead atoms. The average Bonchev–Trinajstić information content (AvgIpc) is 3.37. The highest BCUT2D eigenvalue weighted by molar-refractivity contribution is 7.22. The molecule has 30 heavy (non-hydrogen) atoms. The van der Waals surface area contributed by atoms with Gasteiger partial charge in [0.25, 0.3) is 5.91 Å². The van der Waals surface area contributed by atoms with Gasteiger partial charge in [-0.1, -0.05) is 30.4 Å². The molecule has 2 aromatic heterocycles. The number of aromatic amines is 1. The van der Waals surface area contributed by atoms with Gasteiger partial charge in [-0.25, -0.2) is 4.98 Å². The van der Waals surface area contributed by atoms with Crippen LogP contribution in [0.5, 0.6) is 5.75 Å². The Labute approximate surface area is 175 Å². The van der Waals surface area contributed by atoms with Crippen LogP contribution in [0.1, 0.15) is 29.4 Å². The van der Waals surface area contributed by atoms with Crippen molar-refractivity contribution in [3.63, 3.8) is 0 Å². The fourth-order valence-corrected chi connectivity index (χ4v) is 4.23. The Morgan fingerprint density at radius 2 is 2.07 bits per heavy atom. The first-order chi connectivity index (χ1) is 14.6. The number of H-pyrrole nitrogens is 1. The van der Waals surface area contributed by atoms with Crippen molar-refractivity contribution in [2.24, 2.45) is 0 Å². The quantitative estimate of drug-likeness (QED) is 0.460. The molecule has 3 heterocycles. The maximum Gasteiger partial charge on any atom is 0.274 e. The number of nitrogens with one attached hydrogen (secondary N) is 3.